The number of rotatable bonds is 4. The number of aromatic nitrogens is 2. The molecule has 3 rings (SSSR count). The molecule has 2 aromatic rings. The number of nitrogen functional groups attached to an aromatic ring is 1. The van der Waals surface area contributed by atoms with Gasteiger partial charge in [0, 0.05) is 19.0 Å². The van der Waals surface area contributed by atoms with E-state index in [0.717, 1.165) is 23.9 Å². The van der Waals surface area contributed by atoms with E-state index in [9.17, 15) is 4.79 Å². The van der Waals surface area contributed by atoms with Crippen molar-refractivity contribution >= 4 is 22.9 Å². The summed E-state index contributed by atoms with van der Waals surface area (Å²) in [6.07, 6.45) is 1.99. The van der Waals surface area contributed by atoms with Gasteiger partial charge in [0.1, 0.15) is 0 Å². The summed E-state index contributed by atoms with van der Waals surface area (Å²) < 4.78 is 1.82. The van der Waals surface area contributed by atoms with Crippen LogP contribution in [0.15, 0.2) is 18.2 Å². The Hall–Kier alpha value is -2.55. The number of benzene rings is 1. The van der Waals surface area contributed by atoms with E-state index in [1.54, 1.807) is 18.2 Å². The minimum atomic E-state index is 0.116. The molecule has 0 bridgehead atoms. The summed E-state index contributed by atoms with van der Waals surface area (Å²) in [7, 11) is 0. The van der Waals surface area contributed by atoms with Crippen LogP contribution in [0.1, 0.15) is 18.4 Å². The van der Waals surface area contributed by atoms with Crippen LogP contribution in [0.5, 0.6) is 0 Å². The number of hydrogen-bond donors (Lipinski definition) is 2. The molecule has 1 aromatic heterocycles. The van der Waals surface area contributed by atoms with E-state index in [0.29, 0.717) is 24.6 Å². The van der Waals surface area contributed by atoms with Crippen LogP contribution in [-0.2, 0) is 11.3 Å². The zero-order chi connectivity index (χ0) is 14.1. The molecule has 1 amide bonds. The molecule has 1 aromatic carbocycles. The third-order valence-corrected chi connectivity index (χ3v) is 3.49. The SMILES string of the molecule is N#Cc1ccc2nc(N)n(CCNC(=O)C3CC3)c2c1. The molecule has 1 saturated carbocycles. The van der Waals surface area contributed by atoms with E-state index in [1.165, 1.54) is 0 Å². The van der Waals surface area contributed by atoms with Crippen LogP contribution in [0.2, 0.25) is 0 Å². The zero-order valence-corrected chi connectivity index (χ0v) is 11.0. The third-order valence-electron chi connectivity index (χ3n) is 3.49. The maximum absolute atomic E-state index is 11.6. The van der Waals surface area contributed by atoms with Gasteiger partial charge < -0.3 is 15.6 Å². The first-order valence-electron chi connectivity index (χ1n) is 6.62. The third kappa shape index (κ3) is 2.30. The maximum atomic E-state index is 11.6. The number of fused-ring (bicyclic) bond motifs is 1. The fourth-order valence-corrected chi connectivity index (χ4v) is 2.23. The van der Waals surface area contributed by atoms with E-state index >= 15 is 0 Å². The second-order valence-electron chi connectivity index (χ2n) is 5.00. The van der Waals surface area contributed by atoms with Crippen molar-refractivity contribution in [3.05, 3.63) is 23.8 Å². The van der Waals surface area contributed by atoms with Crippen molar-refractivity contribution < 1.29 is 4.79 Å². The van der Waals surface area contributed by atoms with Gasteiger partial charge in [0.2, 0.25) is 11.9 Å². The van der Waals surface area contributed by atoms with Crippen LogP contribution >= 0.6 is 0 Å². The summed E-state index contributed by atoms with van der Waals surface area (Å²) in [5, 5.41) is 11.8. The highest BCUT2D eigenvalue weighted by molar-refractivity contribution is 5.81. The summed E-state index contributed by atoms with van der Waals surface area (Å²) in [6.45, 7) is 1.07. The van der Waals surface area contributed by atoms with Crippen molar-refractivity contribution in [1.29, 1.82) is 5.26 Å². The normalized spacial score (nSPS) is 14.2. The lowest BCUT2D eigenvalue weighted by molar-refractivity contribution is -0.122. The number of nitriles is 1. The number of nitrogens with zero attached hydrogens (tertiary/aromatic N) is 3. The first-order chi connectivity index (χ1) is 9.69. The summed E-state index contributed by atoms with van der Waals surface area (Å²) in [6, 6.07) is 7.36. The molecule has 1 fully saturated rings. The average molecular weight is 269 g/mol. The largest absolute Gasteiger partial charge is 0.369 e. The number of anilines is 1. The second kappa shape index (κ2) is 4.85. The number of carbonyl (C=O) groups is 1. The number of nitrogens with two attached hydrogens (primary N) is 1. The van der Waals surface area contributed by atoms with Crippen LogP contribution in [0, 0.1) is 17.2 Å². The average Bonchev–Trinajstić information content (AvgIpc) is 3.24. The molecule has 1 aliphatic rings. The maximum Gasteiger partial charge on any atom is 0.223 e. The van der Waals surface area contributed by atoms with Crippen LogP contribution in [0.3, 0.4) is 0 Å². The lowest BCUT2D eigenvalue weighted by Gasteiger charge is -2.08. The van der Waals surface area contributed by atoms with Crippen molar-refractivity contribution in [2.75, 3.05) is 12.3 Å². The Morgan fingerprint density at radius 2 is 2.35 bits per heavy atom. The molecule has 0 unspecified atom stereocenters. The van der Waals surface area contributed by atoms with Crippen molar-refractivity contribution in [2.24, 2.45) is 5.92 Å². The standard InChI is InChI=1S/C14H15N5O/c15-8-9-1-4-11-12(7-9)19(14(16)18-11)6-5-17-13(20)10-2-3-10/h1,4,7,10H,2-3,5-6H2,(H2,16,18)(H,17,20). The van der Waals surface area contributed by atoms with Gasteiger partial charge in [-0.15, -0.1) is 0 Å². The first-order valence-corrected chi connectivity index (χ1v) is 6.62. The van der Waals surface area contributed by atoms with Crippen molar-refractivity contribution in [3.63, 3.8) is 0 Å². The van der Waals surface area contributed by atoms with Gasteiger partial charge in [-0.05, 0) is 31.0 Å². The number of amides is 1. The Labute approximate surface area is 116 Å². The molecule has 0 spiro atoms. The lowest BCUT2D eigenvalue weighted by Crippen LogP contribution is -2.28. The Morgan fingerprint density at radius 1 is 1.55 bits per heavy atom. The van der Waals surface area contributed by atoms with Crippen LogP contribution in [0.4, 0.5) is 5.95 Å². The van der Waals surface area contributed by atoms with E-state index in [4.69, 9.17) is 11.0 Å². The molecule has 6 heteroatoms. The number of imidazole rings is 1. The molecule has 6 nitrogen and oxygen atoms in total. The predicted molar refractivity (Wildman–Crippen MR) is 74.6 cm³/mol. The summed E-state index contributed by atoms with van der Waals surface area (Å²) >= 11 is 0. The Kier molecular flexibility index (Phi) is 3.03. The van der Waals surface area contributed by atoms with Gasteiger partial charge >= 0.3 is 0 Å². The second-order valence-corrected chi connectivity index (χ2v) is 5.00. The highest BCUT2D eigenvalue weighted by Gasteiger charge is 2.29. The van der Waals surface area contributed by atoms with Gasteiger partial charge in [-0.1, -0.05) is 0 Å². The summed E-state index contributed by atoms with van der Waals surface area (Å²) in [5.41, 5.74) is 8.04. The van der Waals surface area contributed by atoms with Gasteiger partial charge in [0.05, 0.1) is 22.7 Å². The Morgan fingerprint density at radius 3 is 3.05 bits per heavy atom. The van der Waals surface area contributed by atoms with Crippen molar-refractivity contribution in [1.82, 2.24) is 14.9 Å². The van der Waals surface area contributed by atoms with Gasteiger partial charge in [0.25, 0.3) is 0 Å². The van der Waals surface area contributed by atoms with E-state index < -0.39 is 0 Å². The van der Waals surface area contributed by atoms with E-state index in [1.807, 2.05) is 4.57 Å². The fourth-order valence-electron chi connectivity index (χ4n) is 2.23. The number of hydrogen-bond acceptors (Lipinski definition) is 4. The van der Waals surface area contributed by atoms with E-state index in [2.05, 4.69) is 16.4 Å². The van der Waals surface area contributed by atoms with Crippen molar-refractivity contribution in [2.45, 2.75) is 19.4 Å². The molecule has 0 atom stereocenters. The minimum absolute atomic E-state index is 0.116. The lowest BCUT2D eigenvalue weighted by atomic mass is 10.2. The van der Waals surface area contributed by atoms with Crippen LogP contribution < -0.4 is 11.1 Å². The van der Waals surface area contributed by atoms with Gasteiger partial charge in [0.15, 0.2) is 0 Å². The summed E-state index contributed by atoms with van der Waals surface area (Å²) in [4.78, 5) is 15.8. The molecule has 0 saturated heterocycles. The smallest absolute Gasteiger partial charge is 0.223 e. The minimum Gasteiger partial charge on any atom is -0.369 e. The monoisotopic (exact) mass is 269 g/mol. The number of carbonyl (C=O) groups excluding carboxylic acids is 1. The summed E-state index contributed by atoms with van der Waals surface area (Å²) in [5.74, 6) is 0.721. The molecular weight excluding hydrogens is 254 g/mol. The molecule has 102 valence electrons. The van der Waals surface area contributed by atoms with Crippen LogP contribution in [0.25, 0.3) is 11.0 Å². The Bertz CT molecular complexity index is 708. The van der Waals surface area contributed by atoms with E-state index in [-0.39, 0.29) is 11.8 Å². The molecule has 20 heavy (non-hydrogen) atoms. The molecule has 1 heterocycles. The highest BCUT2D eigenvalue weighted by Crippen LogP contribution is 2.28. The molecular formula is C14H15N5O. The fraction of sp³-hybridized carbons (Fsp3) is 0.357. The Balaban J connectivity index is 1.77. The predicted octanol–water partition coefficient (Wildman–Crippen LogP) is 1.02. The highest BCUT2D eigenvalue weighted by atomic mass is 16.2. The van der Waals surface area contributed by atoms with Crippen molar-refractivity contribution in [3.8, 4) is 6.07 Å². The molecule has 0 radical (unpaired) electrons. The quantitative estimate of drug-likeness (QED) is 0.865. The zero-order valence-electron chi connectivity index (χ0n) is 11.0. The molecule has 3 N–H and O–H groups in total. The van der Waals surface area contributed by atoms with Gasteiger partial charge in [-0.3, -0.25) is 4.79 Å². The molecule has 1 aliphatic carbocycles. The first kappa shape index (κ1) is 12.5. The topological polar surface area (TPSA) is 96.7 Å². The number of nitrogens with one attached hydrogen (secondary N) is 1. The van der Waals surface area contributed by atoms with Crippen LogP contribution in [-0.4, -0.2) is 22.0 Å². The molecule has 0 aliphatic heterocycles. The van der Waals surface area contributed by atoms with Gasteiger partial charge in [-0.25, -0.2) is 4.98 Å². The van der Waals surface area contributed by atoms with Gasteiger partial charge in [-0.2, -0.15) is 5.26 Å².